The lowest BCUT2D eigenvalue weighted by Gasteiger charge is -2.18. The van der Waals surface area contributed by atoms with Gasteiger partial charge in [-0.25, -0.2) is 0 Å². The fourth-order valence-electron chi connectivity index (χ4n) is 2.68. The maximum Gasteiger partial charge on any atom is 0.255 e. The first kappa shape index (κ1) is 17.0. The summed E-state index contributed by atoms with van der Waals surface area (Å²) >= 11 is 9.66. The fourth-order valence-corrected chi connectivity index (χ4v) is 3.49. The van der Waals surface area contributed by atoms with Crippen molar-refractivity contribution < 1.29 is 9.59 Å². The van der Waals surface area contributed by atoms with E-state index in [0.717, 1.165) is 16.5 Å². The highest BCUT2D eigenvalue weighted by Crippen LogP contribution is 2.31. The first-order valence-corrected chi connectivity index (χ1v) is 8.80. The highest BCUT2D eigenvalue weighted by Gasteiger charge is 2.24. The van der Waals surface area contributed by atoms with Crippen LogP contribution in [0.25, 0.3) is 0 Å². The Bertz CT molecular complexity index is 823. The first-order valence-electron chi connectivity index (χ1n) is 7.63. The van der Waals surface area contributed by atoms with Crippen LogP contribution in [0.3, 0.4) is 0 Å². The van der Waals surface area contributed by atoms with Gasteiger partial charge < -0.3 is 10.2 Å². The molecule has 3 rings (SSSR count). The lowest BCUT2D eigenvalue weighted by Crippen LogP contribution is -2.24. The molecule has 1 saturated heterocycles. The second-order valence-electron chi connectivity index (χ2n) is 5.75. The maximum absolute atomic E-state index is 12.5. The molecule has 1 fully saturated rings. The summed E-state index contributed by atoms with van der Waals surface area (Å²) in [4.78, 5) is 26.1. The average Bonchev–Trinajstić information content (AvgIpc) is 2.96. The van der Waals surface area contributed by atoms with Gasteiger partial charge in [0.2, 0.25) is 5.91 Å². The largest absolute Gasteiger partial charge is 0.321 e. The number of carbonyl (C=O) groups excluding carboxylic acids is 2. The number of aryl methyl sites for hydroxylation is 1. The summed E-state index contributed by atoms with van der Waals surface area (Å²) in [6.45, 7) is 2.61. The number of rotatable bonds is 3. The second-order valence-corrected chi connectivity index (χ2v) is 7.01. The van der Waals surface area contributed by atoms with Crippen LogP contribution in [0, 0.1) is 6.92 Å². The normalized spacial score (nSPS) is 14.1. The quantitative estimate of drug-likeness (QED) is 0.795. The number of hydrogen-bond acceptors (Lipinski definition) is 2. The number of hydrogen-bond donors (Lipinski definition) is 1. The number of carbonyl (C=O) groups is 2. The first-order chi connectivity index (χ1) is 11.5. The maximum atomic E-state index is 12.5. The molecule has 0 unspecified atom stereocenters. The Morgan fingerprint density at radius 1 is 1.25 bits per heavy atom. The molecular weight excluding hydrogens is 392 g/mol. The summed E-state index contributed by atoms with van der Waals surface area (Å²) in [5, 5.41) is 3.34. The topological polar surface area (TPSA) is 49.4 Å². The van der Waals surface area contributed by atoms with Crippen molar-refractivity contribution in [3.8, 4) is 0 Å². The van der Waals surface area contributed by atoms with Crippen molar-refractivity contribution in [3.63, 3.8) is 0 Å². The molecule has 1 N–H and O–H groups in total. The summed E-state index contributed by atoms with van der Waals surface area (Å²) in [7, 11) is 0. The van der Waals surface area contributed by atoms with Crippen molar-refractivity contribution in [3.05, 3.63) is 57.0 Å². The molecule has 124 valence electrons. The number of amides is 2. The van der Waals surface area contributed by atoms with E-state index in [1.807, 2.05) is 25.1 Å². The van der Waals surface area contributed by atoms with Gasteiger partial charge in [-0.05, 0) is 65.2 Å². The number of nitrogens with one attached hydrogen (secondary N) is 1. The minimum atomic E-state index is -0.246. The summed E-state index contributed by atoms with van der Waals surface area (Å²) in [6.07, 6.45) is 1.32. The van der Waals surface area contributed by atoms with Crippen molar-refractivity contribution in [2.75, 3.05) is 16.8 Å². The van der Waals surface area contributed by atoms with Crippen molar-refractivity contribution in [2.45, 2.75) is 19.8 Å². The third-order valence-electron chi connectivity index (χ3n) is 3.95. The summed E-state index contributed by atoms with van der Waals surface area (Å²) in [5.41, 5.74) is 2.84. The summed E-state index contributed by atoms with van der Waals surface area (Å²) in [6, 6.07) is 10.7. The number of nitrogens with zero attached hydrogens (tertiary/aromatic N) is 1. The van der Waals surface area contributed by atoms with Gasteiger partial charge in [-0.3, -0.25) is 9.59 Å². The lowest BCUT2D eigenvalue weighted by molar-refractivity contribution is -0.117. The van der Waals surface area contributed by atoms with Crippen molar-refractivity contribution in [1.29, 1.82) is 0 Å². The summed E-state index contributed by atoms with van der Waals surface area (Å²) < 4.78 is 0.819. The van der Waals surface area contributed by atoms with E-state index in [9.17, 15) is 9.59 Å². The molecule has 1 aliphatic heterocycles. The van der Waals surface area contributed by atoms with Crippen LogP contribution in [0.1, 0.15) is 28.8 Å². The van der Waals surface area contributed by atoms with Crippen LogP contribution in [0.15, 0.2) is 40.9 Å². The van der Waals surface area contributed by atoms with E-state index in [2.05, 4.69) is 21.2 Å². The summed E-state index contributed by atoms with van der Waals surface area (Å²) in [5.74, 6) is -0.208. The van der Waals surface area contributed by atoms with Gasteiger partial charge in [0.05, 0.1) is 16.4 Å². The minimum absolute atomic E-state index is 0.0377. The van der Waals surface area contributed by atoms with Gasteiger partial charge in [0.1, 0.15) is 0 Å². The van der Waals surface area contributed by atoms with Gasteiger partial charge in [-0.2, -0.15) is 0 Å². The van der Waals surface area contributed by atoms with E-state index in [0.29, 0.717) is 34.9 Å². The number of anilines is 2. The van der Waals surface area contributed by atoms with Crippen LogP contribution in [-0.2, 0) is 4.79 Å². The zero-order valence-electron chi connectivity index (χ0n) is 13.1. The van der Waals surface area contributed by atoms with Crippen LogP contribution in [0.5, 0.6) is 0 Å². The smallest absolute Gasteiger partial charge is 0.255 e. The molecule has 0 saturated carbocycles. The Morgan fingerprint density at radius 3 is 2.71 bits per heavy atom. The zero-order valence-corrected chi connectivity index (χ0v) is 15.4. The standard InChI is InChI=1S/C18H16BrClN2O2/c1-11-4-7-15(13(19)9-11)21-18(24)12-5-6-14(20)16(10-12)22-8-2-3-17(22)23/h4-7,9-10H,2-3,8H2,1H3,(H,21,24). The Labute approximate surface area is 153 Å². The molecule has 2 aromatic rings. The molecule has 0 atom stereocenters. The molecule has 1 heterocycles. The van der Waals surface area contributed by atoms with Crippen LogP contribution >= 0.6 is 27.5 Å². The predicted molar refractivity (Wildman–Crippen MR) is 99.9 cm³/mol. The minimum Gasteiger partial charge on any atom is -0.321 e. The Hall–Kier alpha value is -1.85. The van der Waals surface area contributed by atoms with Crippen molar-refractivity contribution >= 4 is 50.7 Å². The Morgan fingerprint density at radius 2 is 2.04 bits per heavy atom. The van der Waals surface area contributed by atoms with Crippen LogP contribution in [0.2, 0.25) is 5.02 Å². The molecule has 2 amide bonds. The third kappa shape index (κ3) is 3.47. The number of halogens is 2. The monoisotopic (exact) mass is 406 g/mol. The van der Waals surface area contributed by atoms with Crippen molar-refractivity contribution in [2.24, 2.45) is 0 Å². The molecule has 0 aromatic heterocycles. The zero-order chi connectivity index (χ0) is 17.3. The van der Waals surface area contributed by atoms with Gasteiger partial charge in [0.15, 0.2) is 0 Å². The number of benzene rings is 2. The molecule has 4 nitrogen and oxygen atoms in total. The highest BCUT2D eigenvalue weighted by atomic mass is 79.9. The molecule has 0 radical (unpaired) electrons. The van der Waals surface area contributed by atoms with Crippen LogP contribution in [-0.4, -0.2) is 18.4 Å². The average molecular weight is 408 g/mol. The van der Waals surface area contributed by atoms with Gasteiger partial charge in [-0.1, -0.05) is 17.7 Å². The highest BCUT2D eigenvalue weighted by molar-refractivity contribution is 9.10. The Balaban J connectivity index is 1.86. The van der Waals surface area contributed by atoms with Crippen LogP contribution < -0.4 is 10.2 Å². The molecule has 0 spiro atoms. The van der Waals surface area contributed by atoms with Gasteiger partial charge in [0.25, 0.3) is 5.91 Å². The van der Waals surface area contributed by atoms with E-state index in [-0.39, 0.29) is 11.8 Å². The van der Waals surface area contributed by atoms with Gasteiger partial charge in [-0.15, -0.1) is 0 Å². The predicted octanol–water partition coefficient (Wildman–Crippen LogP) is 4.79. The Kier molecular flexibility index (Phi) is 4.92. The molecular formula is C18H16BrClN2O2. The molecule has 1 aliphatic rings. The fraction of sp³-hybridized carbons (Fsp3) is 0.222. The molecule has 6 heteroatoms. The van der Waals surface area contributed by atoms with E-state index in [1.165, 1.54) is 0 Å². The molecule has 0 bridgehead atoms. The van der Waals surface area contributed by atoms with Gasteiger partial charge in [0, 0.05) is 23.0 Å². The van der Waals surface area contributed by atoms with Crippen molar-refractivity contribution in [1.82, 2.24) is 0 Å². The molecule has 24 heavy (non-hydrogen) atoms. The van der Waals surface area contributed by atoms with E-state index < -0.39 is 0 Å². The third-order valence-corrected chi connectivity index (χ3v) is 4.92. The molecule has 0 aliphatic carbocycles. The lowest BCUT2D eigenvalue weighted by atomic mass is 10.1. The van der Waals surface area contributed by atoms with E-state index in [4.69, 9.17) is 11.6 Å². The molecule has 2 aromatic carbocycles. The second kappa shape index (κ2) is 6.95. The van der Waals surface area contributed by atoms with E-state index >= 15 is 0 Å². The SMILES string of the molecule is Cc1ccc(NC(=O)c2ccc(Cl)c(N3CCCC3=O)c2)c(Br)c1. The van der Waals surface area contributed by atoms with E-state index in [1.54, 1.807) is 23.1 Å². The van der Waals surface area contributed by atoms with Crippen LogP contribution in [0.4, 0.5) is 11.4 Å². The van der Waals surface area contributed by atoms with Gasteiger partial charge >= 0.3 is 0 Å².